The van der Waals surface area contributed by atoms with E-state index in [2.05, 4.69) is 11.0 Å². The zero-order valence-electron chi connectivity index (χ0n) is 15.2. The fourth-order valence-corrected chi connectivity index (χ4v) is 2.45. The fraction of sp³-hybridized carbons (Fsp3) is 0.632. The Morgan fingerprint density at radius 2 is 1.00 bits per heavy atom. The van der Waals surface area contributed by atoms with Crippen molar-refractivity contribution in [3.8, 4) is 6.07 Å². The summed E-state index contributed by atoms with van der Waals surface area (Å²) < 4.78 is 27.6. The van der Waals surface area contributed by atoms with E-state index in [1.54, 1.807) is 0 Å². The minimum atomic E-state index is 0.555. The minimum Gasteiger partial charge on any atom is -0.377 e. The third kappa shape index (κ3) is 8.61. The van der Waals surface area contributed by atoms with Crippen molar-refractivity contribution in [2.75, 3.05) is 84.1 Å². The number of hydrogen-bond acceptors (Lipinski definition) is 7. The van der Waals surface area contributed by atoms with Gasteiger partial charge in [-0.2, -0.15) is 5.26 Å². The molecule has 0 bridgehead atoms. The van der Waals surface area contributed by atoms with Crippen molar-refractivity contribution in [3.63, 3.8) is 0 Å². The van der Waals surface area contributed by atoms with Gasteiger partial charge in [-0.3, -0.25) is 0 Å². The van der Waals surface area contributed by atoms with Gasteiger partial charge in [0.2, 0.25) is 0 Å². The number of ether oxygens (including phenoxy) is 5. The third-order valence-electron chi connectivity index (χ3n) is 3.86. The summed E-state index contributed by atoms with van der Waals surface area (Å²) in [6.45, 7) is 7.16. The van der Waals surface area contributed by atoms with Crippen LogP contribution in [-0.4, -0.2) is 79.2 Å². The lowest BCUT2D eigenvalue weighted by atomic mass is 10.2. The summed E-state index contributed by atoms with van der Waals surface area (Å²) >= 11 is 0. The highest BCUT2D eigenvalue weighted by atomic mass is 16.6. The van der Waals surface area contributed by atoms with Crippen LogP contribution in [0.1, 0.15) is 5.56 Å². The molecule has 144 valence electrons. The molecule has 26 heavy (non-hydrogen) atoms. The monoisotopic (exact) mass is 364 g/mol. The number of nitriles is 1. The van der Waals surface area contributed by atoms with Crippen molar-refractivity contribution in [3.05, 3.63) is 29.8 Å². The van der Waals surface area contributed by atoms with Crippen LogP contribution in [0.3, 0.4) is 0 Å². The first-order chi connectivity index (χ1) is 12.9. The minimum absolute atomic E-state index is 0.555. The van der Waals surface area contributed by atoms with Gasteiger partial charge in [-0.1, -0.05) is 0 Å². The van der Waals surface area contributed by atoms with E-state index in [1.807, 2.05) is 24.3 Å². The molecule has 7 nitrogen and oxygen atoms in total. The first kappa shape index (κ1) is 20.6. The van der Waals surface area contributed by atoms with Gasteiger partial charge >= 0.3 is 0 Å². The van der Waals surface area contributed by atoms with E-state index in [0.717, 1.165) is 18.8 Å². The molecule has 2 rings (SSSR count). The van der Waals surface area contributed by atoms with E-state index >= 15 is 0 Å². The maximum absolute atomic E-state index is 8.94. The molecule has 1 heterocycles. The molecule has 1 aliphatic heterocycles. The van der Waals surface area contributed by atoms with Crippen molar-refractivity contribution in [1.29, 1.82) is 5.26 Å². The van der Waals surface area contributed by atoms with E-state index in [4.69, 9.17) is 28.9 Å². The van der Waals surface area contributed by atoms with Crippen LogP contribution in [0.25, 0.3) is 0 Å². The normalized spacial score (nSPS) is 19.9. The smallest absolute Gasteiger partial charge is 0.0991 e. The molecule has 7 heteroatoms. The van der Waals surface area contributed by atoms with Gasteiger partial charge in [0.1, 0.15) is 0 Å². The van der Waals surface area contributed by atoms with Crippen molar-refractivity contribution in [2.45, 2.75) is 0 Å². The van der Waals surface area contributed by atoms with Gasteiger partial charge in [0.05, 0.1) is 77.7 Å². The predicted octanol–water partition coefficient (Wildman–Crippen LogP) is 1.46. The molecule has 0 N–H and O–H groups in total. The molecule has 0 saturated carbocycles. The molecule has 1 aliphatic rings. The van der Waals surface area contributed by atoms with E-state index in [0.29, 0.717) is 71.6 Å². The Kier molecular flexibility index (Phi) is 10.7. The Morgan fingerprint density at radius 1 is 0.615 bits per heavy atom. The number of nitrogens with zero attached hydrogens (tertiary/aromatic N) is 2. The number of anilines is 1. The van der Waals surface area contributed by atoms with Crippen LogP contribution in [-0.2, 0) is 23.7 Å². The van der Waals surface area contributed by atoms with Crippen molar-refractivity contribution in [1.82, 2.24) is 0 Å². The van der Waals surface area contributed by atoms with Crippen molar-refractivity contribution < 1.29 is 23.7 Å². The van der Waals surface area contributed by atoms with E-state index in [9.17, 15) is 0 Å². The van der Waals surface area contributed by atoms with Crippen LogP contribution >= 0.6 is 0 Å². The predicted molar refractivity (Wildman–Crippen MR) is 97.5 cm³/mol. The average Bonchev–Trinajstić information content (AvgIpc) is 2.68. The van der Waals surface area contributed by atoms with Gasteiger partial charge in [-0.05, 0) is 24.3 Å². The lowest BCUT2D eigenvalue weighted by Crippen LogP contribution is -2.31. The molecule has 0 spiro atoms. The molecule has 1 saturated heterocycles. The van der Waals surface area contributed by atoms with Crippen LogP contribution in [0, 0.1) is 11.3 Å². The molecule has 0 radical (unpaired) electrons. The Bertz CT molecular complexity index is 500. The maximum Gasteiger partial charge on any atom is 0.0991 e. The van der Waals surface area contributed by atoms with Crippen molar-refractivity contribution >= 4 is 5.69 Å². The highest BCUT2D eigenvalue weighted by molar-refractivity contribution is 5.49. The quantitative estimate of drug-likeness (QED) is 0.747. The van der Waals surface area contributed by atoms with Crippen LogP contribution in [0.4, 0.5) is 5.69 Å². The van der Waals surface area contributed by atoms with E-state index < -0.39 is 0 Å². The second kappa shape index (κ2) is 13.5. The van der Waals surface area contributed by atoms with Gasteiger partial charge in [-0.25, -0.2) is 0 Å². The molecular formula is C19H28N2O5. The van der Waals surface area contributed by atoms with E-state index in [1.165, 1.54) is 0 Å². The highest BCUT2D eigenvalue weighted by Crippen LogP contribution is 2.14. The number of rotatable bonds is 1. The number of benzene rings is 1. The van der Waals surface area contributed by atoms with Crippen LogP contribution in [0.5, 0.6) is 0 Å². The van der Waals surface area contributed by atoms with E-state index in [-0.39, 0.29) is 0 Å². The highest BCUT2D eigenvalue weighted by Gasteiger charge is 2.07. The van der Waals surface area contributed by atoms with Gasteiger partial charge in [-0.15, -0.1) is 0 Å². The molecule has 1 fully saturated rings. The topological polar surface area (TPSA) is 73.2 Å². The van der Waals surface area contributed by atoms with Crippen molar-refractivity contribution in [2.24, 2.45) is 0 Å². The van der Waals surface area contributed by atoms with Crippen LogP contribution in [0.2, 0.25) is 0 Å². The Hall–Kier alpha value is -1.69. The van der Waals surface area contributed by atoms with Gasteiger partial charge in [0.15, 0.2) is 0 Å². The summed E-state index contributed by atoms with van der Waals surface area (Å²) in [5.74, 6) is 0. The van der Waals surface area contributed by atoms with Gasteiger partial charge < -0.3 is 28.6 Å². The zero-order chi connectivity index (χ0) is 18.3. The summed E-state index contributed by atoms with van der Waals surface area (Å²) in [5.41, 5.74) is 1.70. The summed E-state index contributed by atoms with van der Waals surface area (Å²) in [4.78, 5) is 2.19. The van der Waals surface area contributed by atoms with Crippen LogP contribution < -0.4 is 4.90 Å². The molecule has 0 amide bonds. The molecule has 0 aliphatic carbocycles. The Labute approximate surface area is 155 Å². The van der Waals surface area contributed by atoms with Crippen LogP contribution in [0.15, 0.2) is 24.3 Å². The third-order valence-corrected chi connectivity index (χ3v) is 3.86. The molecule has 1 aromatic rings. The Morgan fingerprint density at radius 3 is 1.38 bits per heavy atom. The maximum atomic E-state index is 8.94. The zero-order valence-corrected chi connectivity index (χ0v) is 15.2. The molecule has 0 aromatic heterocycles. The summed E-state index contributed by atoms with van der Waals surface area (Å²) in [5, 5.41) is 8.94. The summed E-state index contributed by atoms with van der Waals surface area (Å²) in [6, 6.07) is 9.70. The lowest BCUT2D eigenvalue weighted by molar-refractivity contribution is -0.0116. The average molecular weight is 364 g/mol. The molecule has 1 aromatic carbocycles. The second-order valence-electron chi connectivity index (χ2n) is 5.71. The second-order valence-corrected chi connectivity index (χ2v) is 5.71. The fourth-order valence-electron chi connectivity index (χ4n) is 2.45. The lowest BCUT2D eigenvalue weighted by Gasteiger charge is -2.25. The summed E-state index contributed by atoms with van der Waals surface area (Å²) in [6.07, 6.45) is 0. The largest absolute Gasteiger partial charge is 0.377 e. The summed E-state index contributed by atoms with van der Waals surface area (Å²) in [7, 11) is 0. The van der Waals surface area contributed by atoms with Gasteiger partial charge in [0, 0.05) is 18.8 Å². The SMILES string of the molecule is N#Cc1ccc(N2CCOCCOCCOCCOCCOCC2)cc1. The molecule has 0 unspecified atom stereocenters. The van der Waals surface area contributed by atoms with Gasteiger partial charge in [0.25, 0.3) is 0 Å². The number of hydrogen-bond donors (Lipinski definition) is 0. The first-order valence-electron chi connectivity index (χ1n) is 9.04. The molecule has 0 atom stereocenters. The molecular weight excluding hydrogens is 336 g/mol. The Balaban J connectivity index is 1.83. The first-order valence-corrected chi connectivity index (χ1v) is 9.04. The standard InChI is InChI=1S/C19H28N2O5/c20-17-18-1-3-19(4-2-18)21-5-7-22-9-11-24-13-15-26-16-14-25-12-10-23-8-6-21/h1-4H,5-16H2.